The fraction of sp³-hybridized carbons (Fsp3) is 0.174. The van der Waals surface area contributed by atoms with E-state index in [1.165, 1.54) is 6.08 Å². The number of benzene rings is 2. The van der Waals surface area contributed by atoms with Gasteiger partial charge < -0.3 is 20.3 Å². The van der Waals surface area contributed by atoms with Crippen LogP contribution in [0.15, 0.2) is 67.4 Å². The van der Waals surface area contributed by atoms with Crippen molar-refractivity contribution in [2.45, 2.75) is 0 Å². The number of carbonyl (C=O) groups is 1. The number of nitrogens with zero attached hydrogens (tertiary/aromatic N) is 3. The van der Waals surface area contributed by atoms with Crippen molar-refractivity contribution in [3.63, 3.8) is 0 Å². The molecule has 2 aromatic carbocycles. The molecule has 1 aliphatic heterocycles. The topological polar surface area (TPSA) is 79.4 Å². The lowest BCUT2D eigenvalue weighted by atomic mass is 10.1. The number of aromatic nitrogens is 2. The molecule has 1 amide bonds. The predicted octanol–water partition coefficient (Wildman–Crippen LogP) is 4.50. The van der Waals surface area contributed by atoms with Gasteiger partial charge in [-0.3, -0.25) is 4.79 Å². The molecule has 0 radical (unpaired) electrons. The van der Waals surface area contributed by atoms with Crippen LogP contribution in [0.5, 0.6) is 0 Å². The molecule has 0 aliphatic carbocycles. The summed E-state index contributed by atoms with van der Waals surface area (Å²) in [6, 6.07) is 15.1. The molecule has 1 saturated heterocycles. The smallest absolute Gasteiger partial charge is 0.247 e. The van der Waals surface area contributed by atoms with Crippen LogP contribution in [0.2, 0.25) is 5.02 Å². The number of hydrogen-bond donors (Lipinski definition) is 2. The highest BCUT2D eigenvalue weighted by atomic mass is 35.5. The maximum Gasteiger partial charge on any atom is 0.247 e. The van der Waals surface area contributed by atoms with E-state index < -0.39 is 0 Å². The Kier molecular flexibility index (Phi) is 6.45. The second-order valence-electron chi connectivity index (χ2n) is 6.93. The molecular formula is C23H22ClN5O2. The third-order valence-corrected chi connectivity index (χ3v) is 5.16. The number of carbonyl (C=O) groups excluding carboxylic acids is 1. The van der Waals surface area contributed by atoms with Gasteiger partial charge in [0, 0.05) is 41.9 Å². The van der Waals surface area contributed by atoms with Gasteiger partial charge in [0.1, 0.15) is 0 Å². The van der Waals surface area contributed by atoms with Crippen molar-refractivity contribution >= 4 is 40.5 Å². The maximum absolute atomic E-state index is 11.6. The van der Waals surface area contributed by atoms with Gasteiger partial charge >= 0.3 is 0 Å². The van der Waals surface area contributed by atoms with Crippen molar-refractivity contribution in [1.82, 2.24) is 9.97 Å². The molecule has 0 spiro atoms. The molecular weight excluding hydrogens is 414 g/mol. The number of rotatable bonds is 6. The van der Waals surface area contributed by atoms with Gasteiger partial charge in [0.15, 0.2) is 0 Å². The Bertz CT molecular complexity index is 1100. The summed E-state index contributed by atoms with van der Waals surface area (Å²) in [6.07, 6.45) is 2.88. The molecule has 0 atom stereocenters. The van der Waals surface area contributed by atoms with Crippen LogP contribution in [-0.2, 0) is 9.53 Å². The third-order valence-electron chi connectivity index (χ3n) is 4.83. The van der Waals surface area contributed by atoms with E-state index in [0.717, 1.165) is 37.7 Å². The number of ether oxygens (including phenoxy) is 1. The molecule has 0 saturated carbocycles. The van der Waals surface area contributed by atoms with Gasteiger partial charge in [-0.15, -0.1) is 0 Å². The average Bonchev–Trinajstić information content (AvgIpc) is 2.81. The monoisotopic (exact) mass is 435 g/mol. The van der Waals surface area contributed by atoms with Crippen molar-refractivity contribution in [2.24, 2.45) is 0 Å². The van der Waals surface area contributed by atoms with Crippen LogP contribution in [0, 0.1) is 0 Å². The maximum atomic E-state index is 11.6. The molecule has 0 bridgehead atoms. The van der Waals surface area contributed by atoms with E-state index in [0.29, 0.717) is 27.9 Å². The highest BCUT2D eigenvalue weighted by Crippen LogP contribution is 2.30. The van der Waals surface area contributed by atoms with Crippen molar-refractivity contribution in [2.75, 3.05) is 41.8 Å². The van der Waals surface area contributed by atoms with Crippen LogP contribution in [-0.4, -0.2) is 42.2 Å². The van der Waals surface area contributed by atoms with E-state index in [2.05, 4.69) is 44.2 Å². The minimum Gasteiger partial charge on any atom is -0.378 e. The van der Waals surface area contributed by atoms with Crippen LogP contribution >= 0.6 is 11.6 Å². The quantitative estimate of drug-likeness (QED) is 0.555. The van der Waals surface area contributed by atoms with E-state index in [1.54, 1.807) is 30.5 Å². The second kappa shape index (κ2) is 9.59. The molecule has 31 heavy (non-hydrogen) atoms. The Hall–Kier alpha value is -3.42. The highest BCUT2D eigenvalue weighted by molar-refractivity contribution is 6.33. The zero-order valence-electron chi connectivity index (χ0n) is 16.8. The number of hydrogen-bond acceptors (Lipinski definition) is 6. The molecule has 3 aromatic rings. The molecule has 1 fully saturated rings. The van der Waals surface area contributed by atoms with E-state index >= 15 is 0 Å². The van der Waals surface area contributed by atoms with E-state index in [-0.39, 0.29) is 5.91 Å². The van der Waals surface area contributed by atoms with Gasteiger partial charge in [-0.05, 0) is 48.5 Å². The molecule has 158 valence electrons. The number of morpholine rings is 1. The summed E-state index contributed by atoms with van der Waals surface area (Å²) in [4.78, 5) is 22.8. The number of amides is 1. The van der Waals surface area contributed by atoms with Crippen LogP contribution in [0.4, 0.5) is 23.0 Å². The van der Waals surface area contributed by atoms with E-state index in [1.807, 2.05) is 12.1 Å². The molecule has 1 aliphatic rings. The Labute approximate surface area is 185 Å². The van der Waals surface area contributed by atoms with Crippen molar-refractivity contribution in [1.29, 1.82) is 0 Å². The minimum atomic E-state index is -0.293. The summed E-state index contributed by atoms with van der Waals surface area (Å²) < 4.78 is 5.43. The van der Waals surface area contributed by atoms with Crippen molar-refractivity contribution in [3.8, 4) is 11.3 Å². The SMILES string of the molecule is C=CC(=O)Nc1ccc(Cl)c(-c2ccnc(Nc3cccc(N4CCOCC4)c3)n2)c1. The van der Waals surface area contributed by atoms with Crippen LogP contribution in [0.3, 0.4) is 0 Å². The first-order valence-corrected chi connectivity index (χ1v) is 10.3. The first-order chi connectivity index (χ1) is 15.1. The van der Waals surface area contributed by atoms with Crippen LogP contribution in [0.25, 0.3) is 11.3 Å². The van der Waals surface area contributed by atoms with Gasteiger partial charge in [-0.1, -0.05) is 24.2 Å². The molecule has 0 unspecified atom stereocenters. The predicted molar refractivity (Wildman–Crippen MR) is 124 cm³/mol. The van der Waals surface area contributed by atoms with Crippen LogP contribution < -0.4 is 15.5 Å². The van der Waals surface area contributed by atoms with Gasteiger partial charge in [0.25, 0.3) is 0 Å². The molecule has 2 N–H and O–H groups in total. The first-order valence-electron chi connectivity index (χ1n) is 9.88. The Balaban J connectivity index is 1.56. The highest BCUT2D eigenvalue weighted by Gasteiger charge is 2.12. The van der Waals surface area contributed by atoms with Crippen molar-refractivity contribution in [3.05, 3.63) is 72.4 Å². The fourth-order valence-electron chi connectivity index (χ4n) is 3.29. The molecule has 8 heteroatoms. The summed E-state index contributed by atoms with van der Waals surface area (Å²) in [7, 11) is 0. The average molecular weight is 436 g/mol. The summed E-state index contributed by atoms with van der Waals surface area (Å²) >= 11 is 6.39. The van der Waals surface area contributed by atoms with E-state index in [9.17, 15) is 4.79 Å². The zero-order valence-corrected chi connectivity index (χ0v) is 17.6. The van der Waals surface area contributed by atoms with E-state index in [4.69, 9.17) is 16.3 Å². The number of nitrogens with one attached hydrogen (secondary N) is 2. The van der Waals surface area contributed by atoms with Crippen molar-refractivity contribution < 1.29 is 9.53 Å². The lowest BCUT2D eigenvalue weighted by Gasteiger charge is -2.29. The van der Waals surface area contributed by atoms with Gasteiger partial charge in [0.2, 0.25) is 11.9 Å². The summed E-state index contributed by atoms with van der Waals surface area (Å²) in [6.45, 7) is 6.67. The molecule has 7 nitrogen and oxygen atoms in total. The third kappa shape index (κ3) is 5.20. The largest absolute Gasteiger partial charge is 0.378 e. The first kappa shape index (κ1) is 20.8. The van der Waals surface area contributed by atoms with Gasteiger partial charge in [-0.2, -0.15) is 0 Å². The zero-order chi connectivity index (χ0) is 21.6. The molecule has 4 rings (SSSR count). The van der Waals surface area contributed by atoms with Gasteiger partial charge in [-0.25, -0.2) is 9.97 Å². The fourth-order valence-corrected chi connectivity index (χ4v) is 3.51. The summed E-state index contributed by atoms with van der Waals surface area (Å²) in [5.74, 6) is 0.159. The standard InChI is InChI=1S/C23H22ClN5O2/c1-2-22(30)26-17-6-7-20(24)19(15-17)21-8-9-25-23(28-21)27-16-4-3-5-18(14-16)29-10-12-31-13-11-29/h2-9,14-15H,1,10-13H2,(H,26,30)(H,25,27,28). The lowest BCUT2D eigenvalue weighted by molar-refractivity contribution is -0.111. The Morgan fingerprint density at radius 3 is 2.77 bits per heavy atom. The Morgan fingerprint density at radius 2 is 1.97 bits per heavy atom. The molecule has 2 heterocycles. The minimum absolute atomic E-state index is 0.293. The summed E-state index contributed by atoms with van der Waals surface area (Å²) in [5.41, 5.74) is 3.95. The van der Waals surface area contributed by atoms with Crippen LogP contribution in [0.1, 0.15) is 0 Å². The number of anilines is 4. The number of halogens is 1. The second-order valence-corrected chi connectivity index (χ2v) is 7.34. The lowest BCUT2D eigenvalue weighted by Crippen LogP contribution is -2.36. The van der Waals surface area contributed by atoms with Gasteiger partial charge in [0.05, 0.1) is 23.9 Å². The normalized spacial score (nSPS) is 13.5. The Morgan fingerprint density at radius 1 is 1.13 bits per heavy atom. The molecule has 1 aromatic heterocycles. The summed E-state index contributed by atoms with van der Waals surface area (Å²) in [5, 5.41) is 6.52.